The fourth-order valence-corrected chi connectivity index (χ4v) is 4.33. The van der Waals surface area contributed by atoms with E-state index in [4.69, 9.17) is 11.5 Å². The summed E-state index contributed by atoms with van der Waals surface area (Å²) in [5, 5.41) is 0. The first-order chi connectivity index (χ1) is 8.80. The Bertz CT molecular complexity index is 313. The normalized spacial score (nSPS) is 46.6. The molecule has 0 aromatic heterocycles. The number of fused-ring (bicyclic) bond motifs is 4. The molecule has 100 valence electrons. The summed E-state index contributed by atoms with van der Waals surface area (Å²) in [5.74, 6) is 5.12. The van der Waals surface area contributed by atoms with Gasteiger partial charge in [0, 0.05) is 0 Å². The van der Waals surface area contributed by atoms with Gasteiger partial charge in [-0.15, -0.1) is 0 Å². The number of nitrogens with two attached hydrogens (primary N) is 2. The van der Waals surface area contributed by atoms with E-state index in [1.165, 1.54) is 25.7 Å². The van der Waals surface area contributed by atoms with Gasteiger partial charge >= 0.3 is 0 Å². The Balaban J connectivity index is 0.000000111. The molecule has 0 aliphatic heterocycles. The van der Waals surface area contributed by atoms with Crippen molar-refractivity contribution in [2.24, 2.45) is 47.0 Å². The van der Waals surface area contributed by atoms with Crippen LogP contribution in [0.5, 0.6) is 0 Å². The van der Waals surface area contributed by atoms with Crippen molar-refractivity contribution in [1.29, 1.82) is 0 Å². The van der Waals surface area contributed by atoms with Crippen LogP contribution in [0.2, 0.25) is 0 Å². The maximum Gasteiger partial charge on any atom is -0.00430 e. The lowest BCUT2D eigenvalue weighted by atomic mass is 9.94. The minimum absolute atomic E-state index is 0.819. The van der Waals surface area contributed by atoms with Crippen molar-refractivity contribution >= 4 is 0 Å². The molecule has 0 spiro atoms. The highest BCUT2D eigenvalue weighted by Gasteiger charge is 2.34. The zero-order valence-electron chi connectivity index (χ0n) is 11.2. The van der Waals surface area contributed by atoms with E-state index in [9.17, 15) is 0 Å². The summed E-state index contributed by atoms with van der Waals surface area (Å²) in [6.07, 6.45) is 14.9. The number of hydrogen-bond acceptors (Lipinski definition) is 2. The Morgan fingerprint density at radius 2 is 1.11 bits per heavy atom. The van der Waals surface area contributed by atoms with Crippen LogP contribution >= 0.6 is 0 Å². The largest absolute Gasteiger partial charge is 0.330 e. The average molecular weight is 246 g/mol. The lowest BCUT2D eigenvalue weighted by Crippen LogP contribution is -2.17. The lowest BCUT2D eigenvalue weighted by Gasteiger charge is -2.14. The Hall–Kier alpha value is -0.600. The molecule has 0 heterocycles. The lowest BCUT2D eigenvalue weighted by molar-refractivity contribution is 0.459. The first-order valence-electron chi connectivity index (χ1n) is 7.57. The molecule has 0 amide bonds. The van der Waals surface area contributed by atoms with Crippen LogP contribution in [0.1, 0.15) is 25.7 Å². The molecule has 2 heteroatoms. The number of hydrogen-bond donors (Lipinski definition) is 2. The molecule has 4 aliphatic carbocycles. The molecular formula is C16H26N2. The van der Waals surface area contributed by atoms with Crippen LogP contribution in [-0.2, 0) is 0 Å². The maximum absolute atomic E-state index is 5.59. The third kappa shape index (κ3) is 2.28. The van der Waals surface area contributed by atoms with Crippen molar-refractivity contribution in [2.45, 2.75) is 25.7 Å². The van der Waals surface area contributed by atoms with E-state index < -0.39 is 0 Å². The number of rotatable bonds is 2. The smallest absolute Gasteiger partial charge is 0.00430 e. The molecular weight excluding hydrogens is 220 g/mol. The predicted molar refractivity (Wildman–Crippen MR) is 75.8 cm³/mol. The molecule has 4 N–H and O–H groups in total. The Kier molecular flexibility index (Phi) is 3.58. The standard InChI is InChI=1S/2C8H13N/c2*9-5-8-4-6-1-2-7(8)3-6/h2*1-2,6-8H,3-5,9H2. The summed E-state index contributed by atoms with van der Waals surface area (Å²) in [6.45, 7) is 1.79. The van der Waals surface area contributed by atoms with Crippen molar-refractivity contribution in [1.82, 2.24) is 0 Å². The van der Waals surface area contributed by atoms with Gasteiger partial charge in [0.2, 0.25) is 0 Å². The fourth-order valence-electron chi connectivity index (χ4n) is 4.33. The minimum atomic E-state index is 0.819. The van der Waals surface area contributed by atoms with Gasteiger partial charge in [-0.1, -0.05) is 24.3 Å². The van der Waals surface area contributed by atoms with Crippen LogP contribution in [0.25, 0.3) is 0 Å². The van der Waals surface area contributed by atoms with Gasteiger partial charge in [0.25, 0.3) is 0 Å². The van der Waals surface area contributed by atoms with Gasteiger partial charge in [-0.2, -0.15) is 0 Å². The second-order valence-electron chi connectivity index (χ2n) is 6.55. The van der Waals surface area contributed by atoms with Gasteiger partial charge in [-0.3, -0.25) is 0 Å². The minimum Gasteiger partial charge on any atom is -0.330 e. The molecule has 6 unspecified atom stereocenters. The van der Waals surface area contributed by atoms with Gasteiger partial charge < -0.3 is 11.5 Å². The molecule has 2 saturated carbocycles. The van der Waals surface area contributed by atoms with Crippen LogP contribution in [-0.4, -0.2) is 13.1 Å². The third-order valence-corrected chi connectivity index (χ3v) is 5.44. The van der Waals surface area contributed by atoms with Gasteiger partial charge in [0.05, 0.1) is 0 Å². The highest BCUT2D eigenvalue weighted by atomic mass is 14.6. The van der Waals surface area contributed by atoms with Crippen molar-refractivity contribution in [2.75, 3.05) is 13.1 Å². The third-order valence-electron chi connectivity index (χ3n) is 5.44. The van der Waals surface area contributed by atoms with E-state index >= 15 is 0 Å². The first-order valence-corrected chi connectivity index (χ1v) is 7.57. The van der Waals surface area contributed by atoms with E-state index in [0.29, 0.717) is 0 Å². The van der Waals surface area contributed by atoms with Crippen LogP contribution in [0, 0.1) is 35.5 Å². The molecule has 0 saturated heterocycles. The second kappa shape index (κ2) is 5.18. The molecule has 0 radical (unpaired) electrons. The highest BCUT2D eigenvalue weighted by molar-refractivity contribution is 5.10. The molecule has 2 fully saturated rings. The SMILES string of the molecule is NCC1CC2C=CC1C2.NCC1CC2C=CC1C2. The monoisotopic (exact) mass is 246 g/mol. The van der Waals surface area contributed by atoms with Crippen molar-refractivity contribution in [3.63, 3.8) is 0 Å². The Morgan fingerprint density at radius 3 is 1.28 bits per heavy atom. The van der Waals surface area contributed by atoms with Crippen molar-refractivity contribution in [3.8, 4) is 0 Å². The fraction of sp³-hybridized carbons (Fsp3) is 0.750. The van der Waals surface area contributed by atoms with Crippen LogP contribution in [0.15, 0.2) is 24.3 Å². The predicted octanol–water partition coefficient (Wildman–Crippen LogP) is 2.31. The topological polar surface area (TPSA) is 52.0 Å². The zero-order chi connectivity index (χ0) is 12.5. The molecule has 4 bridgehead atoms. The summed E-state index contributed by atoms with van der Waals surface area (Å²) in [7, 11) is 0. The van der Waals surface area contributed by atoms with Gasteiger partial charge in [-0.25, -0.2) is 0 Å². The van der Waals surface area contributed by atoms with E-state index in [2.05, 4.69) is 24.3 Å². The van der Waals surface area contributed by atoms with E-state index in [1.807, 2.05) is 0 Å². The van der Waals surface area contributed by atoms with E-state index in [1.54, 1.807) is 0 Å². The quantitative estimate of drug-likeness (QED) is 0.735. The summed E-state index contributed by atoms with van der Waals surface area (Å²) in [5.41, 5.74) is 11.2. The summed E-state index contributed by atoms with van der Waals surface area (Å²) >= 11 is 0. The second-order valence-corrected chi connectivity index (χ2v) is 6.55. The molecule has 4 aliphatic rings. The van der Waals surface area contributed by atoms with Gasteiger partial charge in [0.1, 0.15) is 0 Å². The van der Waals surface area contributed by atoms with Gasteiger partial charge in [-0.05, 0) is 74.3 Å². The van der Waals surface area contributed by atoms with E-state index in [-0.39, 0.29) is 0 Å². The molecule has 4 rings (SSSR count). The number of allylic oxidation sites excluding steroid dienone is 4. The van der Waals surface area contributed by atoms with Crippen LogP contribution in [0.4, 0.5) is 0 Å². The van der Waals surface area contributed by atoms with Crippen molar-refractivity contribution < 1.29 is 0 Å². The Labute approximate surface area is 110 Å². The van der Waals surface area contributed by atoms with E-state index in [0.717, 1.165) is 48.6 Å². The first kappa shape index (κ1) is 12.4. The molecule has 0 aromatic carbocycles. The Morgan fingerprint density at radius 1 is 0.667 bits per heavy atom. The molecule has 18 heavy (non-hydrogen) atoms. The van der Waals surface area contributed by atoms with Crippen LogP contribution in [0.3, 0.4) is 0 Å². The molecule has 6 atom stereocenters. The van der Waals surface area contributed by atoms with Crippen LogP contribution < -0.4 is 11.5 Å². The summed E-state index contributed by atoms with van der Waals surface area (Å²) in [6, 6.07) is 0. The average Bonchev–Trinajstić information content (AvgIpc) is 3.17. The molecule has 2 nitrogen and oxygen atoms in total. The zero-order valence-corrected chi connectivity index (χ0v) is 11.2. The van der Waals surface area contributed by atoms with Crippen molar-refractivity contribution in [3.05, 3.63) is 24.3 Å². The summed E-state index contributed by atoms with van der Waals surface area (Å²) in [4.78, 5) is 0. The van der Waals surface area contributed by atoms with Gasteiger partial charge in [0.15, 0.2) is 0 Å². The maximum atomic E-state index is 5.59. The molecule has 0 aromatic rings. The summed E-state index contributed by atoms with van der Waals surface area (Å²) < 4.78 is 0. The highest BCUT2D eigenvalue weighted by Crippen LogP contribution is 2.43.